The van der Waals surface area contributed by atoms with Gasteiger partial charge >= 0.3 is 5.97 Å². The second-order valence-corrected chi connectivity index (χ2v) is 5.98. The van der Waals surface area contributed by atoms with Gasteiger partial charge < -0.3 is 10.1 Å². The fourth-order valence-electron chi connectivity index (χ4n) is 2.65. The van der Waals surface area contributed by atoms with E-state index in [1.165, 1.54) is 25.3 Å². The Hall–Kier alpha value is -2.19. The molecule has 1 heterocycles. The molecule has 1 aromatic rings. The monoisotopic (exact) mass is 355 g/mol. The number of esters is 1. The molecule has 1 aromatic carbocycles. The number of likely N-dealkylation sites (tertiary alicyclic amines) is 1. The molecule has 130 valence electrons. The largest absolute Gasteiger partial charge is 0.469 e. The van der Waals surface area contributed by atoms with Gasteiger partial charge in [0.05, 0.1) is 24.5 Å². The maximum Gasteiger partial charge on any atom is 0.308 e. The van der Waals surface area contributed by atoms with Crippen LogP contribution < -0.4 is 5.32 Å². The number of benzene rings is 1. The van der Waals surface area contributed by atoms with Gasteiger partial charge in [0.15, 0.2) is 0 Å². The molecule has 0 unspecified atom stereocenters. The summed E-state index contributed by atoms with van der Waals surface area (Å²) in [5.74, 6) is -0.709. The van der Waals surface area contributed by atoms with Crippen molar-refractivity contribution in [3.05, 3.63) is 33.3 Å². The maximum atomic E-state index is 12.1. The van der Waals surface area contributed by atoms with Crippen molar-refractivity contribution in [2.45, 2.75) is 12.8 Å². The van der Waals surface area contributed by atoms with E-state index in [1.54, 1.807) is 0 Å². The van der Waals surface area contributed by atoms with Crippen LogP contribution in [0.1, 0.15) is 12.8 Å². The number of halogens is 1. The van der Waals surface area contributed by atoms with E-state index >= 15 is 0 Å². The predicted molar refractivity (Wildman–Crippen MR) is 87.9 cm³/mol. The third-order valence-electron chi connectivity index (χ3n) is 3.92. The Labute approximate surface area is 143 Å². The lowest BCUT2D eigenvalue weighted by Gasteiger charge is -2.29. The molecule has 0 spiro atoms. The van der Waals surface area contributed by atoms with E-state index in [-0.39, 0.29) is 40.7 Å². The van der Waals surface area contributed by atoms with Crippen LogP contribution in [0.15, 0.2) is 18.2 Å². The predicted octanol–water partition coefficient (Wildman–Crippen LogP) is 2.07. The molecule has 0 saturated carbocycles. The maximum absolute atomic E-state index is 12.1. The molecule has 9 heteroatoms. The Kier molecular flexibility index (Phi) is 6.10. The first-order chi connectivity index (χ1) is 11.4. The summed E-state index contributed by atoms with van der Waals surface area (Å²) in [7, 11) is 1.36. The van der Waals surface area contributed by atoms with Crippen molar-refractivity contribution in [3.8, 4) is 0 Å². The van der Waals surface area contributed by atoms with Crippen LogP contribution in [0.4, 0.5) is 11.4 Å². The van der Waals surface area contributed by atoms with Crippen molar-refractivity contribution in [1.29, 1.82) is 0 Å². The van der Waals surface area contributed by atoms with E-state index in [0.717, 1.165) is 0 Å². The number of nitrogens with zero attached hydrogens (tertiary/aromatic N) is 2. The highest BCUT2D eigenvalue weighted by Crippen LogP contribution is 2.27. The van der Waals surface area contributed by atoms with Crippen LogP contribution in [0.5, 0.6) is 0 Å². The molecule has 0 radical (unpaired) electrons. The van der Waals surface area contributed by atoms with E-state index in [0.29, 0.717) is 25.9 Å². The molecular formula is C15H18ClN3O5. The minimum atomic E-state index is -0.594. The van der Waals surface area contributed by atoms with Gasteiger partial charge in [-0.25, -0.2) is 0 Å². The van der Waals surface area contributed by atoms with Gasteiger partial charge in [0.2, 0.25) is 5.91 Å². The SMILES string of the molecule is COC(=O)C1CCN(CC(=O)Nc2ccc(Cl)cc2[N+](=O)[O-])CC1. The number of rotatable bonds is 5. The molecular weight excluding hydrogens is 338 g/mol. The van der Waals surface area contributed by atoms with Gasteiger partial charge in [0.1, 0.15) is 5.69 Å². The van der Waals surface area contributed by atoms with Crippen LogP contribution in [0.2, 0.25) is 5.02 Å². The molecule has 0 aliphatic carbocycles. The lowest BCUT2D eigenvalue weighted by molar-refractivity contribution is -0.383. The van der Waals surface area contributed by atoms with Crippen LogP contribution in [0, 0.1) is 16.0 Å². The van der Waals surface area contributed by atoms with Gasteiger partial charge in [-0.05, 0) is 38.1 Å². The molecule has 1 saturated heterocycles. The Morgan fingerprint density at radius 3 is 2.67 bits per heavy atom. The second kappa shape index (κ2) is 8.07. The minimum absolute atomic E-state index is 0.105. The molecule has 8 nitrogen and oxygen atoms in total. The number of ether oxygens (including phenoxy) is 1. The van der Waals surface area contributed by atoms with Crippen LogP contribution in [0.25, 0.3) is 0 Å². The van der Waals surface area contributed by atoms with Gasteiger partial charge in [0.25, 0.3) is 5.69 Å². The summed E-state index contributed by atoms with van der Waals surface area (Å²) in [5, 5.41) is 13.8. The highest BCUT2D eigenvalue weighted by Gasteiger charge is 2.26. The highest BCUT2D eigenvalue weighted by molar-refractivity contribution is 6.31. The van der Waals surface area contributed by atoms with E-state index in [1.807, 2.05) is 4.90 Å². The third kappa shape index (κ3) is 4.65. The van der Waals surface area contributed by atoms with Gasteiger partial charge in [-0.15, -0.1) is 0 Å². The van der Waals surface area contributed by atoms with Crippen molar-refractivity contribution < 1.29 is 19.2 Å². The Balaban J connectivity index is 1.91. The summed E-state index contributed by atoms with van der Waals surface area (Å²) in [6, 6.07) is 4.08. The number of nitro groups is 1. The zero-order chi connectivity index (χ0) is 17.7. The highest BCUT2D eigenvalue weighted by atomic mass is 35.5. The van der Waals surface area contributed by atoms with Gasteiger partial charge in [-0.1, -0.05) is 11.6 Å². The molecule has 1 amide bonds. The molecule has 0 bridgehead atoms. The minimum Gasteiger partial charge on any atom is -0.469 e. The third-order valence-corrected chi connectivity index (χ3v) is 4.15. The lowest BCUT2D eigenvalue weighted by atomic mass is 9.97. The van der Waals surface area contributed by atoms with Crippen LogP contribution in [0.3, 0.4) is 0 Å². The topological polar surface area (TPSA) is 102 Å². The standard InChI is InChI=1S/C15H18ClN3O5/c1-24-15(21)10-4-6-18(7-5-10)9-14(20)17-12-3-2-11(16)8-13(12)19(22)23/h2-3,8,10H,4-7,9H2,1H3,(H,17,20). The molecule has 1 N–H and O–H groups in total. The smallest absolute Gasteiger partial charge is 0.308 e. The number of nitrogens with one attached hydrogen (secondary N) is 1. The average Bonchev–Trinajstić information content (AvgIpc) is 2.56. The van der Waals surface area contributed by atoms with Crippen molar-refractivity contribution in [3.63, 3.8) is 0 Å². The van der Waals surface area contributed by atoms with Gasteiger partial charge in [-0.3, -0.25) is 24.6 Å². The quantitative estimate of drug-likeness (QED) is 0.493. The number of carbonyl (C=O) groups excluding carboxylic acids is 2. The number of carbonyl (C=O) groups is 2. The second-order valence-electron chi connectivity index (χ2n) is 5.54. The van der Waals surface area contributed by atoms with Crippen molar-refractivity contribution in [1.82, 2.24) is 4.90 Å². The summed E-state index contributed by atoms with van der Waals surface area (Å²) >= 11 is 5.74. The summed E-state index contributed by atoms with van der Waals surface area (Å²) in [5.41, 5.74) is -0.140. The average molecular weight is 356 g/mol. The molecule has 1 aliphatic rings. The summed E-state index contributed by atoms with van der Waals surface area (Å²) in [6.07, 6.45) is 1.25. The van der Waals surface area contributed by atoms with E-state index < -0.39 is 4.92 Å². The number of hydrogen-bond donors (Lipinski definition) is 1. The first-order valence-corrected chi connectivity index (χ1v) is 7.82. The first kappa shape index (κ1) is 18.2. The van der Waals surface area contributed by atoms with Crippen molar-refractivity contribution >= 4 is 34.9 Å². The zero-order valence-corrected chi connectivity index (χ0v) is 13.9. The summed E-state index contributed by atoms with van der Waals surface area (Å²) in [6.45, 7) is 1.29. The Morgan fingerprint density at radius 2 is 2.08 bits per heavy atom. The van der Waals surface area contributed by atoms with Crippen LogP contribution >= 0.6 is 11.6 Å². The molecule has 24 heavy (non-hydrogen) atoms. The van der Waals surface area contributed by atoms with E-state index in [9.17, 15) is 19.7 Å². The molecule has 2 rings (SSSR count). The fourth-order valence-corrected chi connectivity index (χ4v) is 2.81. The number of methoxy groups -OCH3 is 1. The number of piperidine rings is 1. The number of hydrogen-bond acceptors (Lipinski definition) is 6. The normalized spacial score (nSPS) is 15.8. The van der Waals surface area contributed by atoms with E-state index in [4.69, 9.17) is 16.3 Å². The molecule has 1 fully saturated rings. The number of anilines is 1. The number of amides is 1. The summed E-state index contributed by atoms with van der Waals surface area (Å²) < 4.78 is 4.72. The molecule has 1 aliphatic heterocycles. The van der Waals surface area contributed by atoms with Gasteiger partial charge in [-0.2, -0.15) is 0 Å². The zero-order valence-electron chi connectivity index (χ0n) is 13.2. The Bertz CT molecular complexity index is 644. The van der Waals surface area contributed by atoms with E-state index in [2.05, 4.69) is 5.32 Å². The molecule has 0 atom stereocenters. The van der Waals surface area contributed by atoms with Crippen molar-refractivity contribution in [2.24, 2.45) is 5.92 Å². The van der Waals surface area contributed by atoms with Crippen molar-refractivity contribution in [2.75, 3.05) is 32.1 Å². The van der Waals surface area contributed by atoms with Crippen LogP contribution in [-0.4, -0.2) is 48.4 Å². The lowest BCUT2D eigenvalue weighted by Crippen LogP contribution is -2.41. The summed E-state index contributed by atoms with van der Waals surface area (Å²) in [4.78, 5) is 35.9. The van der Waals surface area contributed by atoms with Crippen LogP contribution in [-0.2, 0) is 14.3 Å². The first-order valence-electron chi connectivity index (χ1n) is 7.44. The van der Waals surface area contributed by atoms with Gasteiger partial charge in [0, 0.05) is 11.1 Å². The molecule has 0 aromatic heterocycles. The fraction of sp³-hybridized carbons (Fsp3) is 0.467. The Morgan fingerprint density at radius 1 is 1.42 bits per heavy atom. The number of nitro benzene ring substituents is 1.